The number of allylic oxidation sites excluding steroid dienone is 1. The van der Waals surface area contributed by atoms with Crippen molar-refractivity contribution in [1.82, 2.24) is 9.88 Å². The van der Waals surface area contributed by atoms with Crippen molar-refractivity contribution in [2.75, 3.05) is 13.1 Å². The highest BCUT2D eigenvalue weighted by Crippen LogP contribution is 2.32. The molecule has 1 saturated heterocycles. The summed E-state index contributed by atoms with van der Waals surface area (Å²) in [5.74, 6) is -0.00526. The van der Waals surface area contributed by atoms with E-state index in [-0.39, 0.29) is 23.2 Å². The Bertz CT molecular complexity index is 1280. The number of benzene rings is 2. The highest BCUT2D eigenvalue weighted by molar-refractivity contribution is 6.06. The molecule has 1 fully saturated rings. The molecule has 2 heterocycles. The molecule has 7 heteroatoms. The molecule has 1 aromatic heterocycles. The Morgan fingerprint density at radius 3 is 2.51 bits per heavy atom. The van der Waals surface area contributed by atoms with E-state index < -0.39 is 5.91 Å². The lowest BCUT2D eigenvalue weighted by atomic mass is 10.0. The van der Waals surface area contributed by atoms with Crippen molar-refractivity contribution in [3.05, 3.63) is 108 Å². The summed E-state index contributed by atoms with van der Waals surface area (Å²) in [6.45, 7) is 4.68. The lowest BCUT2D eigenvalue weighted by molar-refractivity contribution is -0.125. The number of hydrogen-bond donors (Lipinski definition) is 1. The van der Waals surface area contributed by atoms with Crippen LogP contribution in [0.3, 0.4) is 0 Å². The van der Waals surface area contributed by atoms with Crippen LogP contribution in [0.15, 0.2) is 85.6 Å². The SMILES string of the molecule is C=CC(=O)N1CCC(c2cc(Oc3ccc(/C=C/C(=O)c4ccccc4)cc3)c(C(N)=O)cn2)C1. The lowest BCUT2D eigenvalue weighted by Gasteiger charge is -2.15. The molecule has 4 rings (SSSR count). The first-order chi connectivity index (χ1) is 16.9. The fourth-order valence-corrected chi connectivity index (χ4v) is 3.92. The van der Waals surface area contributed by atoms with Crippen molar-refractivity contribution < 1.29 is 19.1 Å². The Kier molecular flexibility index (Phi) is 7.16. The second kappa shape index (κ2) is 10.6. The largest absolute Gasteiger partial charge is 0.456 e. The number of aromatic nitrogens is 1. The van der Waals surface area contributed by atoms with Crippen LogP contribution in [0.1, 0.15) is 44.3 Å². The second-order valence-corrected chi connectivity index (χ2v) is 8.18. The quantitative estimate of drug-likeness (QED) is 0.391. The first kappa shape index (κ1) is 23.6. The van der Waals surface area contributed by atoms with E-state index >= 15 is 0 Å². The van der Waals surface area contributed by atoms with Gasteiger partial charge in [-0.2, -0.15) is 0 Å². The number of hydrogen-bond acceptors (Lipinski definition) is 5. The molecule has 1 aliphatic heterocycles. The molecular formula is C28H25N3O4. The Morgan fingerprint density at radius 1 is 1.09 bits per heavy atom. The topological polar surface area (TPSA) is 103 Å². The van der Waals surface area contributed by atoms with Gasteiger partial charge in [-0.25, -0.2) is 0 Å². The number of likely N-dealkylation sites (tertiary alicyclic amines) is 1. The Hall–Kier alpha value is -4.52. The molecule has 3 aromatic rings. The standard InChI is InChI=1S/C28H25N3O4/c1-2-27(33)31-15-14-21(18-31)24-16-26(23(17-30-24)28(29)34)35-22-11-8-19(9-12-22)10-13-25(32)20-6-4-3-5-7-20/h2-13,16-17,21H,1,14-15,18H2,(H2,29,34)/b13-10+. The predicted molar refractivity (Wildman–Crippen MR) is 133 cm³/mol. The van der Waals surface area contributed by atoms with E-state index in [1.807, 2.05) is 30.3 Å². The molecule has 176 valence electrons. The monoisotopic (exact) mass is 467 g/mol. The Labute approximate surface area is 203 Å². The smallest absolute Gasteiger partial charge is 0.254 e. The van der Waals surface area contributed by atoms with Crippen molar-refractivity contribution in [1.29, 1.82) is 0 Å². The molecule has 0 spiro atoms. The average molecular weight is 468 g/mol. The van der Waals surface area contributed by atoms with Gasteiger partial charge >= 0.3 is 0 Å². The molecule has 1 unspecified atom stereocenters. The van der Waals surface area contributed by atoms with E-state index in [0.29, 0.717) is 30.2 Å². The average Bonchev–Trinajstić information content (AvgIpc) is 3.38. The van der Waals surface area contributed by atoms with Gasteiger partial charge in [0, 0.05) is 42.5 Å². The van der Waals surface area contributed by atoms with Crippen molar-refractivity contribution in [3.63, 3.8) is 0 Å². The number of ether oxygens (including phenoxy) is 1. The van der Waals surface area contributed by atoms with Gasteiger partial charge in [0.05, 0.1) is 0 Å². The van der Waals surface area contributed by atoms with Crippen molar-refractivity contribution in [3.8, 4) is 11.5 Å². The normalized spacial score (nSPS) is 15.2. The molecule has 2 N–H and O–H groups in total. The van der Waals surface area contributed by atoms with Crippen LogP contribution in [-0.4, -0.2) is 40.6 Å². The lowest BCUT2D eigenvalue weighted by Crippen LogP contribution is -2.26. The van der Waals surface area contributed by atoms with Crippen molar-refractivity contribution in [2.45, 2.75) is 12.3 Å². The highest BCUT2D eigenvalue weighted by Gasteiger charge is 2.28. The number of ketones is 1. The first-order valence-electron chi connectivity index (χ1n) is 11.2. The summed E-state index contributed by atoms with van der Waals surface area (Å²) >= 11 is 0. The van der Waals surface area contributed by atoms with Crippen LogP contribution >= 0.6 is 0 Å². The number of amides is 2. The third-order valence-corrected chi connectivity index (χ3v) is 5.84. The maximum atomic E-state index is 12.3. The van der Waals surface area contributed by atoms with Gasteiger partial charge in [0.2, 0.25) is 5.91 Å². The minimum atomic E-state index is -0.645. The summed E-state index contributed by atoms with van der Waals surface area (Å²) in [5.41, 5.74) is 7.87. The molecule has 2 aromatic carbocycles. The van der Waals surface area contributed by atoms with E-state index in [2.05, 4.69) is 11.6 Å². The van der Waals surface area contributed by atoms with E-state index in [0.717, 1.165) is 17.7 Å². The second-order valence-electron chi connectivity index (χ2n) is 8.18. The van der Waals surface area contributed by atoms with E-state index in [4.69, 9.17) is 10.5 Å². The summed E-state index contributed by atoms with van der Waals surface area (Å²) < 4.78 is 5.99. The number of nitrogens with zero attached hydrogens (tertiary/aromatic N) is 2. The van der Waals surface area contributed by atoms with Crippen LogP contribution in [0.4, 0.5) is 0 Å². The van der Waals surface area contributed by atoms with Crippen molar-refractivity contribution >= 4 is 23.7 Å². The van der Waals surface area contributed by atoms with Crippen LogP contribution in [0.5, 0.6) is 11.5 Å². The Morgan fingerprint density at radius 2 is 1.83 bits per heavy atom. The summed E-state index contributed by atoms with van der Waals surface area (Å²) in [4.78, 5) is 42.2. The third-order valence-electron chi connectivity index (χ3n) is 5.84. The van der Waals surface area contributed by atoms with Crippen LogP contribution in [-0.2, 0) is 4.79 Å². The predicted octanol–water partition coefficient (Wildman–Crippen LogP) is 4.37. The summed E-state index contributed by atoms with van der Waals surface area (Å²) in [6, 6.07) is 17.9. The molecular weight excluding hydrogens is 442 g/mol. The molecule has 7 nitrogen and oxygen atoms in total. The van der Waals surface area contributed by atoms with E-state index in [1.54, 1.807) is 41.3 Å². The summed E-state index contributed by atoms with van der Waals surface area (Å²) in [5, 5.41) is 0. The molecule has 0 bridgehead atoms. The molecule has 1 aliphatic rings. The van der Waals surface area contributed by atoms with Crippen LogP contribution < -0.4 is 10.5 Å². The third kappa shape index (κ3) is 5.70. The van der Waals surface area contributed by atoms with Crippen LogP contribution in [0, 0.1) is 0 Å². The van der Waals surface area contributed by atoms with Gasteiger partial charge < -0.3 is 15.4 Å². The van der Waals surface area contributed by atoms with Crippen LogP contribution in [0.2, 0.25) is 0 Å². The zero-order valence-electron chi connectivity index (χ0n) is 19.1. The number of rotatable bonds is 8. The minimum Gasteiger partial charge on any atom is -0.456 e. The number of primary amides is 1. The molecule has 0 aliphatic carbocycles. The zero-order valence-corrected chi connectivity index (χ0v) is 19.1. The summed E-state index contributed by atoms with van der Waals surface area (Å²) in [7, 11) is 0. The van der Waals surface area contributed by atoms with Crippen molar-refractivity contribution in [2.24, 2.45) is 5.73 Å². The zero-order chi connectivity index (χ0) is 24.8. The number of carbonyl (C=O) groups is 3. The van der Waals surface area contributed by atoms with E-state index in [1.165, 1.54) is 18.3 Å². The highest BCUT2D eigenvalue weighted by atomic mass is 16.5. The van der Waals surface area contributed by atoms with Gasteiger partial charge in [0.25, 0.3) is 5.91 Å². The molecule has 1 atom stereocenters. The molecule has 0 radical (unpaired) electrons. The van der Waals surface area contributed by atoms with Gasteiger partial charge in [-0.1, -0.05) is 55.1 Å². The maximum absolute atomic E-state index is 12.3. The Balaban J connectivity index is 1.49. The van der Waals surface area contributed by atoms with Gasteiger partial charge in [0.1, 0.15) is 17.1 Å². The number of pyridine rings is 1. The van der Waals surface area contributed by atoms with Crippen LogP contribution in [0.25, 0.3) is 6.08 Å². The number of carbonyl (C=O) groups excluding carboxylic acids is 3. The fraction of sp³-hybridized carbons (Fsp3) is 0.143. The molecule has 35 heavy (non-hydrogen) atoms. The fourth-order valence-electron chi connectivity index (χ4n) is 3.92. The van der Waals surface area contributed by atoms with Gasteiger partial charge in [0.15, 0.2) is 5.78 Å². The van der Waals surface area contributed by atoms with Gasteiger partial charge in [-0.3, -0.25) is 19.4 Å². The minimum absolute atomic E-state index is 0.0258. The van der Waals surface area contributed by atoms with E-state index in [9.17, 15) is 14.4 Å². The first-order valence-corrected chi connectivity index (χ1v) is 11.2. The number of nitrogens with two attached hydrogens (primary N) is 1. The van der Waals surface area contributed by atoms with Gasteiger partial charge in [-0.15, -0.1) is 0 Å². The van der Waals surface area contributed by atoms with Gasteiger partial charge in [-0.05, 0) is 36.3 Å². The molecule has 0 saturated carbocycles. The molecule has 2 amide bonds. The maximum Gasteiger partial charge on any atom is 0.254 e. The summed E-state index contributed by atoms with van der Waals surface area (Å²) in [6.07, 6.45) is 6.72.